The molecule has 1 aromatic rings. The van der Waals surface area contributed by atoms with Gasteiger partial charge in [-0.15, -0.1) is 0 Å². The first-order valence-corrected chi connectivity index (χ1v) is 8.23. The van der Waals surface area contributed by atoms with Gasteiger partial charge in [0, 0.05) is 29.0 Å². The highest BCUT2D eigenvalue weighted by atomic mass is 16.1. The van der Waals surface area contributed by atoms with Gasteiger partial charge in [-0.25, -0.2) is 0 Å². The van der Waals surface area contributed by atoms with E-state index in [1.807, 2.05) is 36.4 Å². The average molecular weight is 326 g/mol. The van der Waals surface area contributed by atoms with Gasteiger partial charge < -0.3 is 16.0 Å². The van der Waals surface area contributed by atoms with Crippen molar-refractivity contribution in [3.63, 3.8) is 0 Å². The number of nitrogens with one attached hydrogen (secondary N) is 3. The first kappa shape index (κ1) is 18.0. The second-order valence-corrected chi connectivity index (χ2v) is 7.65. The number of hydrogen-bond donors (Lipinski definition) is 3. The molecule has 128 valence electrons. The zero-order valence-corrected chi connectivity index (χ0v) is 14.8. The molecule has 0 spiro atoms. The number of hydrogen-bond acceptors (Lipinski definition) is 4. The fourth-order valence-corrected chi connectivity index (χ4v) is 3.53. The predicted molar refractivity (Wildman–Crippen MR) is 96.2 cm³/mol. The predicted octanol–water partition coefficient (Wildman–Crippen LogP) is 2.93. The molecule has 1 aliphatic rings. The van der Waals surface area contributed by atoms with Crippen LogP contribution in [0.3, 0.4) is 0 Å². The summed E-state index contributed by atoms with van der Waals surface area (Å²) in [5, 5.41) is 18.9. The molecule has 0 radical (unpaired) electrons. The van der Waals surface area contributed by atoms with Crippen molar-refractivity contribution < 1.29 is 4.79 Å². The Labute approximate surface area is 144 Å². The first-order chi connectivity index (χ1) is 11.2. The average Bonchev–Trinajstić information content (AvgIpc) is 2.45. The number of piperidine rings is 1. The summed E-state index contributed by atoms with van der Waals surface area (Å²) in [4.78, 5) is 12.4. The van der Waals surface area contributed by atoms with Crippen molar-refractivity contribution in [1.29, 1.82) is 5.26 Å². The summed E-state index contributed by atoms with van der Waals surface area (Å²) in [5.41, 5.74) is 0.798. The fourth-order valence-electron chi connectivity index (χ4n) is 3.53. The molecule has 0 aromatic heterocycles. The van der Waals surface area contributed by atoms with E-state index in [-0.39, 0.29) is 28.6 Å². The summed E-state index contributed by atoms with van der Waals surface area (Å²) in [6, 6.07) is 11.5. The van der Waals surface area contributed by atoms with Crippen molar-refractivity contribution in [3.8, 4) is 6.07 Å². The number of anilines is 1. The van der Waals surface area contributed by atoms with Crippen molar-refractivity contribution in [2.45, 2.75) is 57.7 Å². The molecule has 1 saturated heterocycles. The van der Waals surface area contributed by atoms with E-state index in [1.165, 1.54) is 6.20 Å². The molecule has 5 nitrogen and oxygen atoms in total. The Bertz CT molecular complexity index is 640. The topological polar surface area (TPSA) is 77.0 Å². The van der Waals surface area contributed by atoms with E-state index in [2.05, 4.69) is 43.6 Å². The Morgan fingerprint density at radius 1 is 1.21 bits per heavy atom. The molecule has 1 aromatic carbocycles. The van der Waals surface area contributed by atoms with E-state index in [9.17, 15) is 10.1 Å². The van der Waals surface area contributed by atoms with Crippen LogP contribution in [0.2, 0.25) is 0 Å². The molecule has 1 fully saturated rings. The second-order valence-electron chi connectivity index (χ2n) is 7.65. The van der Waals surface area contributed by atoms with E-state index in [4.69, 9.17) is 0 Å². The van der Waals surface area contributed by atoms with Gasteiger partial charge >= 0.3 is 0 Å². The molecule has 0 bridgehead atoms. The molecule has 1 aliphatic heterocycles. The summed E-state index contributed by atoms with van der Waals surface area (Å²) >= 11 is 0. The molecule has 3 N–H and O–H groups in total. The molecule has 2 rings (SSSR count). The van der Waals surface area contributed by atoms with E-state index < -0.39 is 0 Å². The van der Waals surface area contributed by atoms with Crippen LogP contribution in [0.5, 0.6) is 0 Å². The lowest BCUT2D eigenvalue weighted by atomic mass is 9.79. The zero-order valence-electron chi connectivity index (χ0n) is 14.8. The summed E-state index contributed by atoms with van der Waals surface area (Å²) in [5.74, 6) is -0.334. The standard InChI is InChI=1S/C19H26N4O/c1-18(2)10-16(11-19(3,4)23-18)22-17(24)14(12-20)13-21-15-8-6-5-7-9-15/h5-9,13,16,21,23H,10-11H2,1-4H3,(H,22,24). The lowest BCUT2D eigenvalue weighted by molar-refractivity contribution is -0.118. The van der Waals surface area contributed by atoms with Crippen molar-refractivity contribution in [3.05, 3.63) is 42.1 Å². The minimum atomic E-state index is -0.334. The summed E-state index contributed by atoms with van der Waals surface area (Å²) in [7, 11) is 0. The molecule has 1 heterocycles. The van der Waals surface area contributed by atoms with Crippen LogP contribution in [-0.2, 0) is 4.79 Å². The normalized spacial score (nSPS) is 20.0. The Morgan fingerprint density at radius 2 is 1.79 bits per heavy atom. The maximum atomic E-state index is 12.4. The minimum Gasteiger partial charge on any atom is -0.360 e. The lowest BCUT2D eigenvalue weighted by Crippen LogP contribution is -2.62. The highest BCUT2D eigenvalue weighted by Gasteiger charge is 2.38. The van der Waals surface area contributed by atoms with Crippen LogP contribution in [0.1, 0.15) is 40.5 Å². The van der Waals surface area contributed by atoms with Crippen molar-refractivity contribution >= 4 is 11.6 Å². The Kier molecular flexibility index (Phi) is 5.30. The third-order valence-electron chi connectivity index (χ3n) is 4.05. The number of para-hydroxylation sites is 1. The largest absolute Gasteiger partial charge is 0.360 e. The van der Waals surface area contributed by atoms with Gasteiger partial charge in [0.05, 0.1) is 0 Å². The third-order valence-corrected chi connectivity index (χ3v) is 4.05. The molecule has 24 heavy (non-hydrogen) atoms. The summed E-state index contributed by atoms with van der Waals surface area (Å²) < 4.78 is 0. The van der Waals surface area contributed by atoms with Gasteiger partial charge in [0.1, 0.15) is 11.6 Å². The van der Waals surface area contributed by atoms with Gasteiger partial charge in [-0.3, -0.25) is 4.79 Å². The molecular weight excluding hydrogens is 300 g/mol. The van der Waals surface area contributed by atoms with Crippen molar-refractivity contribution in [2.75, 3.05) is 5.32 Å². The fraction of sp³-hybridized carbons (Fsp3) is 0.474. The van der Waals surface area contributed by atoms with Crippen LogP contribution in [0, 0.1) is 11.3 Å². The monoisotopic (exact) mass is 326 g/mol. The van der Waals surface area contributed by atoms with Crippen molar-refractivity contribution in [1.82, 2.24) is 10.6 Å². The maximum absolute atomic E-state index is 12.4. The van der Waals surface area contributed by atoms with Gasteiger partial charge in [-0.2, -0.15) is 5.26 Å². The number of carbonyl (C=O) groups is 1. The third kappa shape index (κ3) is 5.10. The van der Waals surface area contributed by atoms with Gasteiger partial charge in [-0.1, -0.05) is 18.2 Å². The first-order valence-electron chi connectivity index (χ1n) is 8.23. The molecule has 0 unspecified atom stereocenters. The van der Waals surface area contributed by atoms with Crippen LogP contribution < -0.4 is 16.0 Å². The van der Waals surface area contributed by atoms with E-state index in [1.54, 1.807) is 0 Å². The van der Waals surface area contributed by atoms with Gasteiger partial charge in [0.15, 0.2) is 0 Å². The van der Waals surface area contributed by atoms with Crippen LogP contribution >= 0.6 is 0 Å². The number of carbonyl (C=O) groups excluding carboxylic acids is 1. The minimum absolute atomic E-state index is 0.0391. The molecule has 0 aliphatic carbocycles. The zero-order chi connectivity index (χ0) is 17.8. The highest BCUT2D eigenvalue weighted by molar-refractivity contribution is 5.97. The smallest absolute Gasteiger partial charge is 0.263 e. The van der Waals surface area contributed by atoms with Crippen LogP contribution in [0.4, 0.5) is 5.69 Å². The second kappa shape index (κ2) is 7.06. The molecule has 0 saturated carbocycles. The van der Waals surface area contributed by atoms with Crippen molar-refractivity contribution in [2.24, 2.45) is 0 Å². The number of rotatable bonds is 4. The van der Waals surface area contributed by atoms with Gasteiger partial charge in [0.25, 0.3) is 5.91 Å². The Morgan fingerprint density at radius 3 is 2.33 bits per heavy atom. The molecular formula is C19H26N4O. The maximum Gasteiger partial charge on any atom is 0.263 e. The van der Waals surface area contributed by atoms with Gasteiger partial charge in [-0.05, 0) is 52.7 Å². The highest BCUT2D eigenvalue weighted by Crippen LogP contribution is 2.28. The Balaban J connectivity index is 2.03. The number of amides is 1. The molecule has 1 amide bonds. The Hall–Kier alpha value is -2.32. The molecule has 5 heteroatoms. The summed E-state index contributed by atoms with van der Waals surface area (Å²) in [6.45, 7) is 8.52. The van der Waals surface area contributed by atoms with Crippen LogP contribution in [-0.4, -0.2) is 23.0 Å². The lowest BCUT2D eigenvalue weighted by Gasteiger charge is -2.46. The number of nitrogens with zero attached hydrogens (tertiary/aromatic N) is 1. The van der Waals surface area contributed by atoms with Crippen LogP contribution in [0.25, 0.3) is 0 Å². The number of nitriles is 1. The number of benzene rings is 1. The summed E-state index contributed by atoms with van der Waals surface area (Å²) in [6.07, 6.45) is 3.11. The van der Waals surface area contributed by atoms with E-state index in [0.29, 0.717) is 0 Å². The van der Waals surface area contributed by atoms with E-state index in [0.717, 1.165) is 18.5 Å². The quantitative estimate of drug-likeness (QED) is 0.587. The van der Waals surface area contributed by atoms with E-state index >= 15 is 0 Å². The van der Waals surface area contributed by atoms with Gasteiger partial charge in [0.2, 0.25) is 0 Å². The van der Waals surface area contributed by atoms with Crippen LogP contribution in [0.15, 0.2) is 42.1 Å². The molecule has 0 atom stereocenters. The SMILES string of the molecule is CC1(C)CC(NC(=O)C(C#N)=CNc2ccccc2)CC(C)(C)N1.